The van der Waals surface area contributed by atoms with Gasteiger partial charge in [0.15, 0.2) is 11.5 Å². The molecule has 2 aromatic heterocycles. The van der Waals surface area contributed by atoms with Crippen LogP contribution in [0.15, 0.2) is 36.9 Å². The molecule has 0 bridgehead atoms. The third-order valence-corrected chi connectivity index (χ3v) is 6.92. The number of aliphatic hydroxyl groups is 1. The van der Waals surface area contributed by atoms with Crippen molar-refractivity contribution in [3.05, 3.63) is 48.3 Å². The Hall–Kier alpha value is -4.13. The van der Waals surface area contributed by atoms with Gasteiger partial charge in [-0.25, -0.2) is 24.1 Å². The standard InChI is InChI=1S/C23H25FN8O4/c24-13-6-4-12(5-7-13)23(21(35)30-22(36)31-23)9-8-16(33)29-14-2-1-3-15(18(14)34)32-11-28-17-19(25)26-10-27-20(17)32/h4-7,10-11,14-15,18,34H,1-3,8-9H2,(H,29,33)(H2,25,26,27)(H2,30,31,35,36)/t14-,15-,18-,23?/m0/s1. The molecule has 5 rings (SSSR count). The molecular weight excluding hydrogens is 471 g/mol. The lowest BCUT2D eigenvalue weighted by Gasteiger charge is -2.36. The SMILES string of the molecule is Nc1ncnc2c1ncn2[C@H]1CCC[C@H](NC(=O)CCC2(c3ccc(F)cc3)NC(=O)NC2=O)[C@@H]1O. The summed E-state index contributed by atoms with van der Waals surface area (Å²) in [5, 5.41) is 18.7. The number of nitrogen functional groups attached to an aromatic ring is 1. The smallest absolute Gasteiger partial charge is 0.322 e. The molecule has 4 atom stereocenters. The van der Waals surface area contributed by atoms with Crippen LogP contribution >= 0.6 is 0 Å². The summed E-state index contributed by atoms with van der Waals surface area (Å²) < 4.78 is 15.2. The fraction of sp³-hybridized carbons (Fsp3) is 0.391. The number of aromatic nitrogens is 4. The molecule has 0 radical (unpaired) electrons. The zero-order chi connectivity index (χ0) is 25.4. The van der Waals surface area contributed by atoms with Crippen molar-refractivity contribution < 1.29 is 23.9 Å². The molecule has 1 aliphatic carbocycles. The largest absolute Gasteiger partial charge is 0.389 e. The average molecular weight is 497 g/mol. The van der Waals surface area contributed by atoms with E-state index < -0.39 is 41.3 Å². The molecule has 3 heterocycles. The minimum absolute atomic E-state index is 0.0450. The number of imide groups is 1. The summed E-state index contributed by atoms with van der Waals surface area (Å²) in [6.45, 7) is 0. The van der Waals surface area contributed by atoms with Gasteiger partial charge < -0.3 is 26.0 Å². The first-order chi connectivity index (χ1) is 17.3. The van der Waals surface area contributed by atoms with Crippen molar-refractivity contribution in [2.45, 2.75) is 55.8 Å². The highest BCUT2D eigenvalue weighted by Crippen LogP contribution is 2.33. The zero-order valence-corrected chi connectivity index (χ0v) is 19.1. The van der Waals surface area contributed by atoms with Crippen LogP contribution in [-0.2, 0) is 15.1 Å². The van der Waals surface area contributed by atoms with Gasteiger partial charge in [-0.05, 0) is 43.4 Å². The third-order valence-electron chi connectivity index (χ3n) is 6.92. The van der Waals surface area contributed by atoms with Crippen molar-refractivity contribution in [2.24, 2.45) is 0 Å². The lowest BCUT2D eigenvalue weighted by Crippen LogP contribution is -2.50. The Morgan fingerprint density at radius 1 is 1.22 bits per heavy atom. The van der Waals surface area contributed by atoms with E-state index in [1.165, 1.54) is 30.6 Å². The second kappa shape index (κ2) is 9.15. The number of benzene rings is 1. The van der Waals surface area contributed by atoms with E-state index in [0.29, 0.717) is 29.6 Å². The van der Waals surface area contributed by atoms with Crippen LogP contribution in [-0.4, -0.2) is 54.6 Å². The molecular formula is C23H25FN8O4. The molecule has 0 spiro atoms. The molecule has 1 saturated heterocycles. The van der Waals surface area contributed by atoms with Crippen LogP contribution in [0.3, 0.4) is 0 Å². The summed E-state index contributed by atoms with van der Waals surface area (Å²) in [6, 6.07) is 3.57. The quantitative estimate of drug-likeness (QED) is 0.309. The Bertz CT molecular complexity index is 1330. The number of imidazole rings is 1. The number of amides is 4. The molecule has 13 heteroatoms. The van der Waals surface area contributed by atoms with Gasteiger partial charge in [0.05, 0.1) is 24.5 Å². The first-order valence-electron chi connectivity index (χ1n) is 11.6. The fourth-order valence-electron chi connectivity index (χ4n) is 5.06. The zero-order valence-electron chi connectivity index (χ0n) is 19.1. The summed E-state index contributed by atoms with van der Waals surface area (Å²) >= 11 is 0. The van der Waals surface area contributed by atoms with E-state index in [-0.39, 0.29) is 24.7 Å². The number of carbonyl (C=O) groups excluding carboxylic acids is 3. The second-order valence-corrected chi connectivity index (χ2v) is 9.07. The molecule has 1 unspecified atom stereocenters. The topological polar surface area (TPSA) is 177 Å². The van der Waals surface area contributed by atoms with Crippen LogP contribution in [0, 0.1) is 5.82 Å². The third kappa shape index (κ3) is 4.11. The second-order valence-electron chi connectivity index (χ2n) is 9.07. The normalized spacial score (nSPS) is 26.0. The predicted octanol–water partition coefficient (Wildman–Crippen LogP) is 0.633. The Morgan fingerprint density at radius 3 is 2.72 bits per heavy atom. The molecule has 1 aliphatic heterocycles. The number of nitrogens with one attached hydrogen (secondary N) is 3. The number of hydrogen-bond acceptors (Lipinski definition) is 8. The Kier molecular flexibility index (Phi) is 6.00. The number of aliphatic hydroxyl groups excluding tert-OH is 1. The predicted molar refractivity (Wildman–Crippen MR) is 125 cm³/mol. The Morgan fingerprint density at radius 2 is 2.00 bits per heavy atom. The van der Waals surface area contributed by atoms with Crippen LogP contribution in [0.5, 0.6) is 0 Å². The van der Waals surface area contributed by atoms with Crippen molar-refractivity contribution in [2.75, 3.05) is 5.73 Å². The summed E-state index contributed by atoms with van der Waals surface area (Å²) in [4.78, 5) is 49.9. The highest BCUT2D eigenvalue weighted by Gasteiger charge is 2.47. The van der Waals surface area contributed by atoms with Crippen molar-refractivity contribution >= 4 is 34.8 Å². The van der Waals surface area contributed by atoms with E-state index in [1.54, 1.807) is 10.9 Å². The number of nitrogens with two attached hydrogens (primary N) is 1. The van der Waals surface area contributed by atoms with Crippen LogP contribution in [0.4, 0.5) is 15.0 Å². The maximum atomic E-state index is 13.4. The molecule has 6 N–H and O–H groups in total. The van der Waals surface area contributed by atoms with Gasteiger partial charge in [0.2, 0.25) is 5.91 Å². The molecule has 36 heavy (non-hydrogen) atoms. The van der Waals surface area contributed by atoms with E-state index in [2.05, 4.69) is 30.9 Å². The highest BCUT2D eigenvalue weighted by molar-refractivity contribution is 6.07. The molecule has 2 aliphatic rings. The van der Waals surface area contributed by atoms with Crippen LogP contribution in [0.2, 0.25) is 0 Å². The minimum Gasteiger partial charge on any atom is -0.389 e. The van der Waals surface area contributed by atoms with Gasteiger partial charge in [0.25, 0.3) is 5.91 Å². The van der Waals surface area contributed by atoms with E-state index >= 15 is 0 Å². The van der Waals surface area contributed by atoms with Gasteiger partial charge in [-0.2, -0.15) is 0 Å². The van der Waals surface area contributed by atoms with Gasteiger partial charge in [-0.15, -0.1) is 0 Å². The van der Waals surface area contributed by atoms with E-state index in [1.807, 2.05) is 0 Å². The molecule has 2 fully saturated rings. The minimum atomic E-state index is -1.49. The monoisotopic (exact) mass is 496 g/mol. The van der Waals surface area contributed by atoms with Gasteiger partial charge in [0, 0.05) is 6.42 Å². The molecule has 188 valence electrons. The van der Waals surface area contributed by atoms with Crippen molar-refractivity contribution in [3.8, 4) is 0 Å². The van der Waals surface area contributed by atoms with E-state index in [4.69, 9.17) is 5.73 Å². The summed E-state index contributed by atoms with van der Waals surface area (Å²) in [7, 11) is 0. The van der Waals surface area contributed by atoms with Gasteiger partial charge in [0.1, 0.15) is 23.2 Å². The maximum absolute atomic E-state index is 13.4. The number of hydrogen-bond donors (Lipinski definition) is 5. The van der Waals surface area contributed by atoms with Gasteiger partial charge in [-0.3, -0.25) is 14.9 Å². The summed E-state index contributed by atoms with van der Waals surface area (Å²) in [5.74, 6) is -1.25. The Balaban J connectivity index is 1.29. The van der Waals surface area contributed by atoms with Crippen LogP contribution in [0.1, 0.15) is 43.7 Å². The molecule has 3 aromatic rings. The molecule has 1 saturated carbocycles. The number of urea groups is 1. The number of rotatable bonds is 6. The highest BCUT2D eigenvalue weighted by atomic mass is 19.1. The number of carbonyl (C=O) groups is 3. The number of fused-ring (bicyclic) bond motifs is 1. The number of anilines is 1. The van der Waals surface area contributed by atoms with Gasteiger partial charge >= 0.3 is 6.03 Å². The summed E-state index contributed by atoms with van der Waals surface area (Å²) in [6.07, 6.45) is 3.77. The van der Waals surface area contributed by atoms with Crippen LogP contribution in [0.25, 0.3) is 11.2 Å². The summed E-state index contributed by atoms with van der Waals surface area (Å²) in [5.41, 5.74) is 5.69. The molecule has 12 nitrogen and oxygen atoms in total. The lowest BCUT2D eigenvalue weighted by atomic mass is 9.84. The van der Waals surface area contributed by atoms with Gasteiger partial charge in [-0.1, -0.05) is 12.1 Å². The average Bonchev–Trinajstić information content (AvgIpc) is 3.41. The van der Waals surface area contributed by atoms with Crippen molar-refractivity contribution in [1.29, 1.82) is 0 Å². The molecule has 1 aromatic carbocycles. The number of nitrogens with zero attached hydrogens (tertiary/aromatic N) is 4. The van der Waals surface area contributed by atoms with E-state index in [0.717, 1.165) is 6.42 Å². The number of halogens is 1. The first kappa shape index (κ1) is 23.6. The van der Waals surface area contributed by atoms with Crippen molar-refractivity contribution in [3.63, 3.8) is 0 Å². The van der Waals surface area contributed by atoms with E-state index in [9.17, 15) is 23.9 Å². The molecule has 4 amide bonds. The van der Waals surface area contributed by atoms with Crippen molar-refractivity contribution in [1.82, 2.24) is 35.5 Å². The lowest BCUT2D eigenvalue weighted by molar-refractivity contribution is -0.126. The Labute approximate surface area is 204 Å². The van der Waals surface area contributed by atoms with Crippen LogP contribution < -0.4 is 21.7 Å². The first-order valence-corrected chi connectivity index (χ1v) is 11.6. The maximum Gasteiger partial charge on any atom is 0.322 e. The fourth-order valence-corrected chi connectivity index (χ4v) is 5.06.